The second kappa shape index (κ2) is 7.25. The molecular weight excluding hydrogens is 246 g/mol. The molecule has 0 saturated carbocycles. The molecule has 0 radical (unpaired) electrons. The maximum absolute atomic E-state index is 6.07. The van der Waals surface area contributed by atoms with Crippen LogP contribution in [-0.4, -0.2) is 11.5 Å². The minimum absolute atomic E-state index is 0.788. The summed E-state index contributed by atoms with van der Waals surface area (Å²) in [5.41, 5.74) is 8.88. The van der Waals surface area contributed by atoms with Gasteiger partial charge in [0.15, 0.2) is 0 Å². The van der Waals surface area contributed by atoms with E-state index in [1.807, 2.05) is 30.3 Å². The first-order chi connectivity index (χ1) is 9.66. The van der Waals surface area contributed by atoms with Crippen molar-refractivity contribution in [2.75, 3.05) is 12.3 Å². The molecule has 2 aromatic rings. The molecule has 1 heterocycles. The van der Waals surface area contributed by atoms with Crippen LogP contribution in [0.1, 0.15) is 38.8 Å². The van der Waals surface area contributed by atoms with Gasteiger partial charge in [-0.05, 0) is 31.0 Å². The number of benzene rings is 1. The van der Waals surface area contributed by atoms with Crippen molar-refractivity contribution in [3.63, 3.8) is 0 Å². The molecule has 0 fully saturated rings. The molecule has 0 bridgehead atoms. The largest absolute Gasteiger partial charge is 0.398 e. The van der Waals surface area contributed by atoms with Crippen LogP contribution in [0, 0.1) is 5.92 Å². The predicted molar refractivity (Wildman–Crippen MR) is 86.6 cm³/mol. The highest BCUT2D eigenvalue weighted by Crippen LogP contribution is 2.19. The molecule has 3 N–H and O–H groups in total. The van der Waals surface area contributed by atoms with Crippen molar-refractivity contribution >= 4 is 16.6 Å². The standard InChI is InChI=1S/C17H25N3/c1-13(2)7-5-6-10-19-12-14-11-16(18)15-8-3-4-9-17(15)20-14/h3-4,8-9,11,13,19H,5-7,10,12H2,1-2H3,(H2,18,20). The zero-order chi connectivity index (χ0) is 14.4. The van der Waals surface area contributed by atoms with Crippen molar-refractivity contribution in [3.05, 3.63) is 36.0 Å². The van der Waals surface area contributed by atoms with Gasteiger partial charge in [-0.2, -0.15) is 0 Å². The zero-order valence-electron chi connectivity index (χ0n) is 12.5. The minimum atomic E-state index is 0.788. The van der Waals surface area contributed by atoms with E-state index in [2.05, 4.69) is 24.1 Å². The van der Waals surface area contributed by atoms with Gasteiger partial charge in [-0.25, -0.2) is 0 Å². The van der Waals surface area contributed by atoms with Crippen LogP contribution in [0.2, 0.25) is 0 Å². The monoisotopic (exact) mass is 271 g/mol. The van der Waals surface area contributed by atoms with E-state index in [1.165, 1.54) is 19.3 Å². The third-order valence-corrected chi connectivity index (χ3v) is 3.49. The van der Waals surface area contributed by atoms with Gasteiger partial charge in [-0.15, -0.1) is 0 Å². The highest BCUT2D eigenvalue weighted by atomic mass is 14.9. The fourth-order valence-electron chi connectivity index (χ4n) is 2.37. The first kappa shape index (κ1) is 14.8. The Bertz CT molecular complexity index is 549. The maximum atomic E-state index is 6.07. The van der Waals surface area contributed by atoms with Crippen molar-refractivity contribution < 1.29 is 0 Å². The second-order valence-corrected chi connectivity index (χ2v) is 5.79. The summed E-state index contributed by atoms with van der Waals surface area (Å²) >= 11 is 0. The van der Waals surface area contributed by atoms with E-state index in [-0.39, 0.29) is 0 Å². The average molecular weight is 271 g/mol. The van der Waals surface area contributed by atoms with E-state index in [1.54, 1.807) is 0 Å². The molecule has 0 saturated heterocycles. The van der Waals surface area contributed by atoms with Crippen LogP contribution >= 0.6 is 0 Å². The lowest BCUT2D eigenvalue weighted by molar-refractivity contribution is 0.519. The lowest BCUT2D eigenvalue weighted by Crippen LogP contribution is -2.16. The van der Waals surface area contributed by atoms with Crippen LogP contribution in [0.25, 0.3) is 10.9 Å². The van der Waals surface area contributed by atoms with Crippen LogP contribution in [-0.2, 0) is 6.54 Å². The summed E-state index contributed by atoms with van der Waals surface area (Å²) in [6.45, 7) is 6.38. The fraction of sp³-hybridized carbons (Fsp3) is 0.471. The number of aromatic nitrogens is 1. The molecule has 0 aliphatic carbocycles. The Kier molecular flexibility index (Phi) is 5.36. The van der Waals surface area contributed by atoms with Gasteiger partial charge < -0.3 is 11.1 Å². The third kappa shape index (κ3) is 4.20. The zero-order valence-corrected chi connectivity index (χ0v) is 12.5. The first-order valence-electron chi connectivity index (χ1n) is 7.51. The summed E-state index contributed by atoms with van der Waals surface area (Å²) in [6.07, 6.45) is 3.82. The van der Waals surface area contributed by atoms with Crippen LogP contribution in [0.3, 0.4) is 0 Å². The van der Waals surface area contributed by atoms with Gasteiger partial charge in [0.1, 0.15) is 0 Å². The van der Waals surface area contributed by atoms with Gasteiger partial charge in [0.2, 0.25) is 0 Å². The van der Waals surface area contributed by atoms with Crippen LogP contribution < -0.4 is 11.1 Å². The fourth-order valence-corrected chi connectivity index (χ4v) is 2.37. The Morgan fingerprint density at radius 3 is 2.80 bits per heavy atom. The van der Waals surface area contributed by atoms with Gasteiger partial charge >= 0.3 is 0 Å². The van der Waals surface area contributed by atoms with Gasteiger partial charge in [0.05, 0.1) is 11.2 Å². The summed E-state index contributed by atoms with van der Waals surface area (Å²) in [5, 5.41) is 4.48. The Balaban J connectivity index is 1.84. The Hall–Kier alpha value is -1.61. The number of fused-ring (bicyclic) bond motifs is 1. The topological polar surface area (TPSA) is 50.9 Å². The van der Waals surface area contributed by atoms with Crippen LogP contribution in [0.4, 0.5) is 5.69 Å². The van der Waals surface area contributed by atoms with E-state index < -0.39 is 0 Å². The number of para-hydroxylation sites is 1. The van der Waals surface area contributed by atoms with Crippen LogP contribution in [0.5, 0.6) is 0 Å². The number of hydrogen-bond donors (Lipinski definition) is 2. The lowest BCUT2D eigenvalue weighted by Gasteiger charge is -2.08. The Morgan fingerprint density at radius 2 is 2.00 bits per heavy atom. The molecule has 108 valence electrons. The quantitative estimate of drug-likeness (QED) is 0.754. The summed E-state index contributed by atoms with van der Waals surface area (Å²) < 4.78 is 0. The number of pyridine rings is 1. The molecule has 0 unspecified atom stereocenters. The molecule has 1 aromatic carbocycles. The molecule has 1 aromatic heterocycles. The molecule has 0 spiro atoms. The SMILES string of the molecule is CC(C)CCCCNCc1cc(N)c2ccccc2n1. The van der Waals surface area contributed by atoms with E-state index in [4.69, 9.17) is 5.73 Å². The Labute approximate surface area is 121 Å². The lowest BCUT2D eigenvalue weighted by atomic mass is 10.1. The number of nitrogens with two attached hydrogens (primary N) is 1. The van der Waals surface area contributed by atoms with Gasteiger partial charge in [-0.3, -0.25) is 4.98 Å². The number of nitrogen functional groups attached to an aromatic ring is 1. The van der Waals surface area contributed by atoms with Crippen molar-refractivity contribution in [3.8, 4) is 0 Å². The number of nitrogens with zero attached hydrogens (tertiary/aromatic N) is 1. The smallest absolute Gasteiger partial charge is 0.0726 e. The number of unbranched alkanes of at least 4 members (excludes halogenated alkanes) is 1. The van der Waals surface area contributed by atoms with E-state index >= 15 is 0 Å². The summed E-state index contributed by atoms with van der Waals surface area (Å²) in [6, 6.07) is 9.99. The molecule has 2 rings (SSSR count). The molecule has 0 atom stereocenters. The minimum Gasteiger partial charge on any atom is -0.398 e. The van der Waals surface area contributed by atoms with E-state index in [0.717, 1.165) is 41.3 Å². The highest BCUT2D eigenvalue weighted by molar-refractivity contribution is 5.90. The van der Waals surface area contributed by atoms with Crippen molar-refractivity contribution in [1.29, 1.82) is 0 Å². The van der Waals surface area contributed by atoms with Gasteiger partial charge in [-0.1, -0.05) is 44.9 Å². The number of rotatable bonds is 7. The molecule has 3 nitrogen and oxygen atoms in total. The molecule has 3 heteroatoms. The molecule has 0 aliphatic rings. The third-order valence-electron chi connectivity index (χ3n) is 3.49. The number of anilines is 1. The summed E-state index contributed by atoms with van der Waals surface area (Å²) in [7, 11) is 0. The maximum Gasteiger partial charge on any atom is 0.0726 e. The van der Waals surface area contributed by atoms with E-state index in [0.29, 0.717) is 0 Å². The van der Waals surface area contributed by atoms with Crippen molar-refractivity contribution in [2.45, 2.75) is 39.7 Å². The summed E-state index contributed by atoms with van der Waals surface area (Å²) in [4.78, 5) is 4.64. The van der Waals surface area contributed by atoms with Gasteiger partial charge in [0.25, 0.3) is 0 Å². The first-order valence-corrected chi connectivity index (χ1v) is 7.51. The normalized spacial score (nSPS) is 11.3. The second-order valence-electron chi connectivity index (χ2n) is 5.79. The molecule has 0 aliphatic heterocycles. The molecule has 0 amide bonds. The van der Waals surface area contributed by atoms with Crippen molar-refractivity contribution in [1.82, 2.24) is 10.3 Å². The average Bonchev–Trinajstić information content (AvgIpc) is 2.42. The van der Waals surface area contributed by atoms with Crippen molar-refractivity contribution in [2.24, 2.45) is 5.92 Å². The molecule has 20 heavy (non-hydrogen) atoms. The number of hydrogen-bond acceptors (Lipinski definition) is 3. The number of nitrogens with one attached hydrogen (secondary N) is 1. The van der Waals surface area contributed by atoms with Gasteiger partial charge in [0, 0.05) is 17.6 Å². The van der Waals surface area contributed by atoms with E-state index in [9.17, 15) is 0 Å². The van der Waals surface area contributed by atoms with Crippen LogP contribution in [0.15, 0.2) is 30.3 Å². The summed E-state index contributed by atoms with van der Waals surface area (Å²) in [5.74, 6) is 0.803. The predicted octanol–water partition coefficient (Wildman–Crippen LogP) is 3.73. The highest BCUT2D eigenvalue weighted by Gasteiger charge is 2.02. The Morgan fingerprint density at radius 1 is 1.20 bits per heavy atom. The molecular formula is C17H25N3.